The number of thiazole rings is 1. The molecule has 0 saturated carbocycles. The number of para-hydroxylation sites is 1. The summed E-state index contributed by atoms with van der Waals surface area (Å²) in [7, 11) is 0. The highest BCUT2D eigenvalue weighted by Gasteiger charge is 2.20. The summed E-state index contributed by atoms with van der Waals surface area (Å²) in [5.74, 6) is -0.633. The Morgan fingerprint density at radius 2 is 1.94 bits per heavy atom. The molecule has 0 bridgehead atoms. The van der Waals surface area contributed by atoms with E-state index in [1.165, 1.54) is 22.8 Å². The van der Waals surface area contributed by atoms with Crippen LogP contribution in [0.15, 0.2) is 29.1 Å². The Balaban J connectivity index is 2.63. The minimum absolute atomic E-state index is 0.0752. The van der Waals surface area contributed by atoms with Gasteiger partial charge in [0.2, 0.25) is 5.91 Å². The summed E-state index contributed by atoms with van der Waals surface area (Å²) < 4.78 is 31.7. The zero-order chi connectivity index (χ0) is 23.2. The summed E-state index contributed by atoms with van der Waals surface area (Å²) in [5, 5.41) is 2.70. The second-order valence-electron chi connectivity index (χ2n) is 7.87. The molecule has 0 spiro atoms. The van der Waals surface area contributed by atoms with Crippen LogP contribution in [0.5, 0.6) is 5.75 Å². The molecule has 0 saturated heterocycles. The molecule has 1 heterocycles. The molecule has 1 aromatic heterocycles. The highest BCUT2D eigenvalue weighted by atomic mass is 32.1. The lowest BCUT2D eigenvalue weighted by Crippen LogP contribution is -2.38. The number of carbonyl (C=O) groups excluding carboxylic acids is 2. The third-order valence-electron chi connectivity index (χ3n) is 4.23. The van der Waals surface area contributed by atoms with E-state index in [0.717, 1.165) is 17.8 Å². The summed E-state index contributed by atoms with van der Waals surface area (Å²) in [6, 6.07) is 6.09. The highest BCUT2D eigenvalue weighted by molar-refractivity contribution is 7.07. The number of benzene rings is 1. The molecular weight excluding hydrogens is 426 g/mol. The smallest absolute Gasteiger partial charge is 0.387 e. The molecule has 0 radical (unpaired) electrons. The van der Waals surface area contributed by atoms with E-state index >= 15 is 0 Å². The molecule has 0 fully saturated rings. The van der Waals surface area contributed by atoms with Gasteiger partial charge in [0, 0.05) is 23.6 Å². The van der Waals surface area contributed by atoms with Crippen LogP contribution >= 0.6 is 11.3 Å². The standard InChI is InChI=1S/C22H26F2N2O4S/c1-5-10-25-18(28)13-26-19(12-17(27)22(2,3)4)31-16(20(26)29)11-14-8-6-7-9-15(14)30-21(23)24/h6-9,11-12,21H,5,10,13H2,1-4H3,(H,25,28)/b16-11+,19-12-. The number of nitrogens with zero attached hydrogens (tertiary/aromatic N) is 1. The van der Waals surface area contributed by atoms with Gasteiger partial charge in [0.05, 0.1) is 4.53 Å². The van der Waals surface area contributed by atoms with Gasteiger partial charge in [0.25, 0.3) is 5.56 Å². The van der Waals surface area contributed by atoms with Gasteiger partial charge in [-0.25, -0.2) is 0 Å². The fourth-order valence-electron chi connectivity index (χ4n) is 2.53. The van der Waals surface area contributed by atoms with Crippen molar-refractivity contribution in [2.24, 2.45) is 5.41 Å². The van der Waals surface area contributed by atoms with E-state index in [0.29, 0.717) is 11.2 Å². The molecule has 2 rings (SSSR count). The summed E-state index contributed by atoms with van der Waals surface area (Å²) in [6.07, 6.45) is 3.51. The van der Waals surface area contributed by atoms with Crippen molar-refractivity contribution in [1.29, 1.82) is 0 Å². The van der Waals surface area contributed by atoms with Gasteiger partial charge in [-0.3, -0.25) is 19.0 Å². The highest BCUT2D eigenvalue weighted by Crippen LogP contribution is 2.20. The maximum atomic E-state index is 13.0. The second-order valence-corrected chi connectivity index (χ2v) is 8.93. The Morgan fingerprint density at radius 1 is 1.26 bits per heavy atom. The fraction of sp³-hybridized carbons (Fsp3) is 0.409. The third-order valence-corrected chi connectivity index (χ3v) is 5.29. The van der Waals surface area contributed by atoms with Gasteiger partial charge in [-0.2, -0.15) is 8.78 Å². The second kappa shape index (κ2) is 10.5. The number of carbonyl (C=O) groups is 2. The van der Waals surface area contributed by atoms with E-state index < -0.39 is 17.6 Å². The number of nitrogens with one attached hydrogen (secondary N) is 1. The van der Waals surface area contributed by atoms with E-state index in [9.17, 15) is 23.2 Å². The Bertz CT molecular complexity index is 1110. The Labute approximate surface area is 182 Å². The molecule has 1 aromatic carbocycles. The maximum Gasteiger partial charge on any atom is 0.387 e. The number of Topliss-reactive ketones (excluding diaryl/α,β-unsaturated/α-hetero) is 1. The summed E-state index contributed by atoms with van der Waals surface area (Å²) in [5.41, 5.74) is -0.870. The quantitative estimate of drug-likeness (QED) is 0.667. The van der Waals surface area contributed by atoms with E-state index in [1.54, 1.807) is 39.0 Å². The van der Waals surface area contributed by atoms with Crippen LogP contribution in [-0.2, 0) is 16.1 Å². The average Bonchev–Trinajstić information content (AvgIpc) is 2.95. The molecule has 31 heavy (non-hydrogen) atoms. The summed E-state index contributed by atoms with van der Waals surface area (Å²) in [6.45, 7) is 4.37. The molecule has 2 aromatic rings. The zero-order valence-electron chi connectivity index (χ0n) is 17.9. The predicted octanol–water partition coefficient (Wildman–Crippen LogP) is 2.26. The van der Waals surface area contributed by atoms with Gasteiger partial charge in [-0.15, -0.1) is 11.3 Å². The topological polar surface area (TPSA) is 77.4 Å². The number of aromatic nitrogens is 1. The molecule has 0 unspecified atom stereocenters. The molecule has 6 nitrogen and oxygen atoms in total. The molecule has 1 amide bonds. The lowest BCUT2D eigenvalue weighted by Gasteiger charge is -2.12. The fourth-order valence-corrected chi connectivity index (χ4v) is 3.56. The van der Waals surface area contributed by atoms with Crippen LogP contribution in [0.3, 0.4) is 0 Å². The van der Waals surface area contributed by atoms with Crippen molar-refractivity contribution in [3.8, 4) is 5.75 Å². The number of hydrogen-bond donors (Lipinski definition) is 1. The molecule has 0 atom stereocenters. The van der Waals surface area contributed by atoms with Crippen molar-refractivity contribution in [2.75, 3.05) is 6.54 Å². The van der Waals surface area contributed by atoms with E-state index in [-0.39, 0.29) is 34.1 Å². The number of rotatable bonds is 8. The van der Waals surface area contributed by atoms with Crippen molar-refractivity contribution >= 4 is 35.2 Å². The van der Waals surface area contributed by atoms with Gasteiger partial charge in [-0.05, 0) is 18.6 Å². The van der Waals surface area contributed by atoms with Crippen molar-refractivity contribution in [2.45, 2.75) is 47.3 Å². The van der Waals surface area contributed by atoms with Gasteiger partial charge in [0.1, 0.15) is 17.0 Å². The average molecular weight is 453 g/mol. The van der Waals surface area contributed by atoms with Crippen molar-refractivity contribution in [3.63, 3.8) is 0 Å². The largest absolute Gasteiger partial charge is 0.434 e. The predicted molar refractivity (Wildman–Crippen MR) is 117 cm³/mol. The first-order valence-corrected chi connectivity index (χ1v) is 10.6. The van der Waals surface area contributed by atoms with Crippen LogP contribution in [0.1, 0.15) is 39.7 Å². The maximum absolute atomic E-state index is 13.0. The van der Waals surface area contributed by atoms with Crippen LogP contribution in [0.2, 0.25) is 0 Å². The van der Waals surface area contributed by atoms with Gasteiger partial charge < -0.3 is 10.1 Å². The molecule has 1 N–H and O–H groups in total. The molecule has 0 aliphatic heterocycles. The molecular formula is C22H26F2N2O4S. The van der Waals surface area contributed by atoms with Gasteiger partial charge >= 0.3 is 6.61 Å². The number of halogens is 2. The lowest BCUT2D eigenvalue weighted by molar-refractivity contribution is -0.122. The van der Waals surface area contributed by atoms with Gasteiger partial charge in [0.15, 0.2) is 5.78 Å². The first-order valence-electron chi connectivity index (χ1n) is 9.81. The van der Waals surface area contributed by atoms with E-state index in [1.807, 2.05) is 6.92 Å². The SMILES string of the molecule is CCCNC(=O)Cn1c(=O)/c(=C\c2ccccc2OC(F)F)s/c1=C\C(=O)C(C)(C)C. The summed E-state index contributed by atoms with van der Waals surface area (Å²) in [4.78, 5) is 37.8. The first-order chi connectivity index (χ1) is 14.5. The van der Waals surface area contributed by atoms with Crippen molar-refractivity contribution in [1.82, 2.24) is 9.88 Å². The van der Waals surface area contributed by atoms with Crippen molar-refractivity contribution < 1.29 is 23.1 Å². The van der Waals surface area contributed by atoms with Crippen LogP contribution in [0, 0.1) is 5.41 Å². The van der Waals surface area contributed by atoms with Crippen LogP contribution < -0.4 is 24.8 Å². The monoisotopic (exact) mass is 452 g/mol. The Morgan fingerprint density at radius 3 is 2.55 bits per heavy atom. The molecule has 168 valence electrons. The number of ketones is 1. The lowest BCUT2D eigenvalue weighted by atomic mass is 9.91. The third kappa shape index (κ3) is 6.85. The number of amides is 1. The van der Waals surface area contributed by atoms with Crippen LogP contribution in [0.4, 0.5) is 8.78 Å². The molecule has 0 aliphatic rings. The van der Waals surface area contributed by atoms with Crippen LogP contribution in [-0.4, -0.2) is 29.4 Å². The Hall–Kier alpha value is -2.81. The minimum Gasteiger partial charge on any atom is -0.434 e. The Kier molecular flexibility index (Phi) is 8.27. The van der Waals surface area contributed by atoms with Gasteiger partial charge in [-0.1, -0.05) is 45.9 Å². The molecule has 9 heteroatoms. The number of alkyl halides is 2. The normalized spacial score (nSPS) is 13.0. The summed E-state index contributed by atoms with van der Waals surface area (Å²) >= 11 is 1.01. The van der Waals surface area contributed by atoms with E-state index in [2.05, 4.69) is 10.1 Å². The van der Waals surface area contributed by atoms with E-state index in [4.69, 9.17) is 0 Å². The zero-order valence-corrected chi connectivity index (χ0v) is 18.7. The first kappa shape index (κ1) is 24.5. The molecule has 0 aliphatic carbocycles. The van der Waals surface area contributed by atoms with Crippen molar-refractivity contribution in [3.05, 3.63) is 49.4 Å². The minimum atomic E-state index is -3.01. The number of ether oxygens (including phenoxy) is 1. The number of hydrogen-bond acceptors (Lipinski definition) is 5. The van der Waals surface area contributed by atoms with Crippen LogP contribution in [0.25, 0.3) is 12.2 Å².